The van der Waals surface area contributed by atoms with Crippen molar-refractivity contribution >= 4 is 11.9 Å². The Morgan fingerprint density at radius 3 is 2.44 bits per heavy atom. The number of aliphatic hydroxyl groups is 5. The van der Waals surface area contributed by atoms with E-state index in [0.717, 1.165) is 0 Å². The predicted octanol–water partition coefficient (Wildman–Crippen LogP) is 2.98. The number of carbonyl (C=O) groups excluding carboxylic acids is 2. The van der Waals surface area contributed by atoms with E-state index in [1.165, 1.54) is 13.8 Å². The summed E-state index contributed by atoms with van der Waals surface area (Å²) in [7, 11) is 0. The Morgan fingerprint density at radius 2 is 1.85 bits per heavy atom. The Morgan fingerprint density at radius 1 is 1.21 bits per heavy atom. The van der Waals surface area contributed by atoms with Crippen LogP contribution in [0.4, 0.5) is 0 Å². The molecule has 0 saturated carbocycles. The molecule has 5 N–H and O–H groups in total. The average Bonchev–Trinajstić information content (AvgIpc) is 2.86. The summed E-state index contributed by atoms with van der Waals surface area (Å²) in [6.45, 7) is 11.9. The van der Waals surface area contributed by atoms with Gasteiger partial charge in [-0.05, 0) is 57.1 Å². The molecule has 0 aromatic carbocycles. The monoisotopic (exact) mass is 554 g/mol. The standard InChI is InChI=1S/C30H50O9/c1-8-24(33)21(5)16-25(34)28(36)18(2)10-9-11-19(3)29-20(4)12-13-26(38-22(6)31)30(7,37)15-14-23(32)17-27(35)39-29/h9-13,18,20-21,23-26,28-29,32-34,36-37H,8,14-17H2,1-7H3/b10-9+,13-12+,19-11+. The van der Waals surface area contributed by atoms with E-state index >= 15 is 0 Å². The van der Waals surface area contributed by atoms with Crippen LogP contribution >= 0.6 is 0 Å². The van der Waals surface area contributed by atoms with Gasteiger partial charge in [-0.25, -0.2) is 0 Å². The summed E-state index contributed by atoms with van der Waals surface area (Å²) in [6.07, 6.45) is 4.16. The van der Waals surface area contributed by atoms with E-state index in [4.69, 9.17) is 9.47 Å². The zero-order valence-electron chi connectivity index (χ0n) is 24.5. The summed E-state index contributed by atoms with van der Waals surface area (Å²) in [5, 5.41) is 52.2. The highest BCUT2D eigenvalue weighted by atomic mass is 16.6. The Labute approximate surface area is 233 Å². The molecule has 0 fully saturated rings. The Bertz CT molecular complexity index is 862. The van der Waals surface area contributed by atoms with Gasteiger partial charge in [0, 0.05) is 18.8 Å². The molecule has 0 saturated heterocycles. The zero-order chi connectivity index (χ0) is 29.9. The van der Waals surface area contributed by atoms with E-state index < -0.39 is 54.2 Å². The predicted molar refractivity (Wildman–Crippen MR) is 148 cm³/mol. The van der Waals surface area contributed by atoms with E-state index in [1.54, 1.807) is 44.2 Å². The lowest BCUT2D eigenvalue weighted by Gasteiger charge is -2.32. The molecule has 1 aliphatic rings. The lowest BCUT2D eigenvalue weighted by Crippen LogP contribution is -2.42. The third kappa shape index (κ3) is 11.9. The van der Waals surface area contributed by atoms with Crippen molar-refractivity contribution in [2.45, 2.75) is 123 Å². The maximum Gasteiger partial charge on any atom is 0.309 e. The van der Waals surface area contributed by atoms with Crippen LogP contribution in [0.1, 0.15) is 80.6 Å². The minimum Gasteiger partial charge on any atom is -0.457 e. The third-order valence-electron chi connectivity index (χ3n) is 7.46. The van der Waals surface area contributed by atoms with Crippen LogP contribution in [0.15, 0.2) is 36.0 Å². The first-order valence-corrected chi connectivity index (χ1v) is 13.9. The molecule has 10 atom stereocenters. The van der Waals surface area contributed by atoms with Gasteiger partial charge in [-0.3, -0.25) is 9.59 Å². The van der Waals surface area contributed by atoms with Crippen LogP contribution in [0.3, 0.4) is 0 Å². The second kappa shape index (κ2) is 16.3. The quantitative estimate of drug-likeness (QED) is 0.156. The number of aliphatic hydroxyl groups excluding tert-OH is 4. The maximum absolute atomic E-state index is 12.6. The van der Waals surface area contributed by atoms with Gasteiger partial charge in [0.2, 0.25) is 0 Å². The van der Waals surface area contributed by atoms with Crippen LogP contribution in [-0.4, -0.2) is 79.7 Å². The van der Waals surface area contributed by atoms with Crippen LogP contribution in [0, 0.1) is 17.8 Å². The first-order valence-electron chi connectivity index (χ1n) is 13.9. The fraction of sp³-hybridized carbons (Fsp3) is 0.733. The van der Waals surface area contributed by atoms with E-state index in [0.29, 0.717) is 12.0 Å². The highest BCUT2D eigenvalue weighted by Crippen LogP contribution is 2.27. The molecule has 1 aliphatic heterocycles. The maximum atomic E-state index is 12.6. The molecule has 9 heteroatoms. The highest BCUT2D eigenvalue weighted by Gasteiger charge is 2.35. The SMILES string of the molecule is CCC(O)C(C)CC(O)C(O)C(C)/C=C/C=C(\C)C1OC(=O)CC(O)CCC(C)(O)C(OC(C)=O)/C=C/C1C. The van der Waals surface area contributed by atoms with Crippen molar-refractivity contribution in [3.63, 3.8) is 0 Å². The molecule has 1 heterocycles. The van der Waals surface area contributed by atoms with Gasteiger partial charge < -0.3 is 35.0 Å². The molecule has 9 nitrogen and oxygen atoms in total. The minimum atomic E-state index is -1.44. The van der Waals surface area contributed by atoms with Crippen molar-refractivity contribution in [2.24, 2.45) is 17.8 Å². The molecule has 1 rings (SSSR count). The topological polar surface area (TPSA) is 154 Å². The number of hydrogen-bond donors (Lipinski definition) is 5. The summed E-state index contributed by atoms with van der Waals surface area (Å²) < 4.78 is 11.1. The second-order valence-corrected chi connectivity index (χ2v) is 11.3. The number of allylic oxidation sites excluding steroid dienone is 2. The van der Waals surface area contributed by atoms with E-state index in [2.05, 4.69) is 0 Å². The number of ether oxygens (including phenoxy) is 2. The minimum absolute atomic E-state index is 0.113. The molecule has 10 unspecified atom stereocenters. The van der Waals surface area contributed by atoms with Gasteiger partial charge in [0.25, 0.3) is 0 Å². The molecule has 0 aromatic rings. The van der Waals surface area contributed by atoms with Crippen LogP contribution in [0.25, 0.3) is 0 Å². The average molecular weight is 555 g/mol. The van der Waals surface area contributed by atoms with Crippen molar-refractivity contribution in [2.75, 3.05) is 0 Å². The van der Waals surface area contributed by atoms with Gasteiger partial charge in [0.05, 0.1) is 30.8 Å². The first-order chi connectivity index (χ1) is 18.1. The molecule has 0 aliphatic carbocycles. The van der Waals surface area contributed by atoms with Crippen LogP contribution < -0.4 is 0 Å². The number of rotatable bonds is 10. The molecule has 0 bridgehead atoms. The molecule has 0 amide bonds. The van der Waals surface area contributed by atoms with Crippen molar-refractivity contribution in [3.05, 3.63) is 36.0 Å². The fourth-order valence-corrected chi connectivity index (χ4v) is 4.65. The summed E-state index contributed by atoms with van der Waals surface area (Å²) in [5.74, 6) is -2.01. The number of cyclic esters (lactones) is 1. The molecule has 0 spiro atoms. The van der Waals surface area contributed by atoms with Crippen molar-refractivity contribution < 1.29 is 44.6 Å². The zero-order valence-corrected chi connectivity index (χ0v) is 24.5. The second-order valence-electron chi connectivity index (χ2n) is 11.3. The molecular weight excluding hydrogens is 504 g/mol. The smallest absolute Gasteiger partial charge is 0.309 e. The van der Waals surface area contributed by atoms with Gasteiger partial charge in [-0.1, -0.05) is 52.0 Å². The third-order valence-corrected chi connectivity index (χ3v) is 7.46. The molecule has 0 aromatic heterocycles. The Balaban J connectivity index is 3.10. The van der Waals surface area contributed by atoms with Crippen LogP contribution in [0.5, 0.6) is 0 Å². The van der Waals surface area contributed by atoms with E-state index in [9.17, 15) is 35.1 Å². The summed E-state index contributed by atoms with van der Waals surface area (Å²) >= 11 is 0. The number of esters is 2. The lowest BCUT2D eigenvalue weighted by molar-refractivity contribution is -0.157. The van der Waals surface area contributed by atoms with Gasteiger partial charge in [0.15, 0.2) is 0 Å². The molecule has 224 valence electrons. The fourth-order valence-electron chi connectivity index (χ4n) is 4.65. The molecular formula is C30H50O9. The Hall–Kier alpha value is -2.04. The first kappa shape index (κ1) is 35.0. The summed E-state index contributed by atoms with van der Waals surface area (Å²) in [5.41, 5.74) is -0.746. The van der Waals surface area contributed by atoms with Gasteiger partial charge in [-0.2, -0.15) is 0 Å². The Kier molecular flexibility index (Phi) is 14.6. The number of hydrogen-bond acceptors (Lipinski definition) is 9. The van der Waals surface area contributed by atoms with Gasteiger partial charge in [0.1, 0.15) is 17.8 Å². The van der Waals surface area contributed by atoms with Gasteiger partial charge in [-0.15, -0.1) is 0 Å². The summed E-state index contributed by atoms with van der Waals surface area (Å²) in [4.78, 5) is 24.2. The van der Waals surface area contributed by atoms with Gasteiger partial charge >= 0.3 is 11.9 Å². The van der Waals surface area contributed by atoms with Crippen LogP contribution in [-0.2, 0) is 19.1 Å². The van der Waals surface area contributed by atoms with E-state index in [1.807, 2.05) is 20.8 Å². The van der Waals surface area contributed by atoms with E-state index in [-0.39, 0.29) is 43.4 Å². The largest absolute Gasteiger partial charge is 0.457 e. The molecule has 39 heavy (non-hydrogen) atoms. The van der Waals surface area contributed by atoms with Crippen molar-refractivity contribution in [1.82, 2.24) is 0 Å². The molecule has 0 radical (unpaired) electrons. The van der Waals surface area contributed by atoms with Crippen molar-refractivity contribution in [3.8, 4) is 0 Å². The number of carbonyl (C=O) groups is 2. The highest BCUT2D eigenvalue weighted by molar-refractivity contribution is 5.70. The lowest BCUT2D eigenvalue weighted by atomic mass is 9.88. The van der Waals surface area contributed by atoms with Crippen LogP contribution in [0.2, 0.25) is 0 Å². The van der Waals surface area contributed by atoms with Crippen molar-refractivity contribution in [1.29, 1.82) is 0 Å². The normalized spacial score (nSPS) is 32.2. The summed E-state index contributed by atoms with van der Waals surface area (Å²) in [6, 6.07) is 0.